The zero-order chi connectivity index (χ0) is 12.3. The number of aromatic nitrogens is 2. The molecule has 1 aromatic heterocycles. The first-order valence-corrected chi connectivity index (χ1v) is 4.43. The molecule has 7 heteroatoms. The van der Waals surface area contributed by atoms with Crippen molar-refractivity contribution < 1.29 is 23.4 Å². The number of nitrogens with zero attached hydrogens (tertiary/aromatic N) is 2. The van der Waals surface area contributed by atoms with Gasteiger partial charge in [-0.3, -0.25) is 4.79 Å². The number of alkyl halides is 2. The predicted molar refractivity (Wildman–Crippen MR) is 49.5 cm³/mol. The Morgan fingerprint density at radius 2 is 2.12 bits per heavy atom. The van der Waals surface area contributed by atoms with Crippen LogP contribution < -0.4 is 4.74 Å². The molecule has 0 aliphatic rings. The molecule has 1 N–H and O–H groups in total. The standard InChI is InChI=1S/C9H10F2N2O3/c1-4(8(14)15)6-3-7(16-9(10)11)13-5(2)12-6/h3-4,9H,1-2H3,(H,14,15). The van der Waals surface area contributed by atoms with Gasteiger partial charge in [0.25, 0.3) is 0 Å². The van der Waals surface area contributed by atoms with Crippen molar-refractivity contribution in [2.75, 3.05) is 0 Å². The molecule has 0 saturated heterocycles. The number of aryl methyl sites for hydroxylation is 1. The molecule has 5 nitrogen and oxygen atoms in total. The van der Waals surface area contributed by atoms with Crippen molar-refractivity contribution in [2.45, 2.75) is 26.4 Å². The summed E-state index contributed by atoms with van der Waals surface area (Å²) < 4.78 is 28.0. The monoisotopic (exact) mass is 232 g/mol. The van der Waals surface area contributed by atoms with Gasteiger partial charge in [-0.25, -0.2) is 4.98 Å². The molecule has 0 radical (unpaired) electrons. The molecule has 1 heterocycles. The van der Waals surface area contributed by atoms with Crippen LogP contribution in [0.5, 0.6) is 5.88 Å². The number of rotatable bonds is 4. The zero-order valence-electron chi connectivity index (χ0n) is 8.65. The Labute approximate surface area is 90.1 Å². The highest BCUT2D eigenvalue weighted by molar-refractivity contribution is 5.74. The van der Waals surface area contributed by atoms with E-state index in [2.05, 4.69) is 14.7 Å². The van der Waals surface area contributed by atoms with Crippen LogP contribution >= 0.6 is 0 Å². The molecule has 1 aromatic rings. The van der Waals surface area contributed by atoms with Gasteiger partial charge in [0.05, 0.1) is 11.6 Å². The van der Waals surface area contributed by atoms with Gasteiger partial charge >= 0.3 is 12.6 Å². The Kier molecular flexibility index (Phi) is 3.70. The molecule has 1 unspecified atom stereocenters. The van der Waals surface area contributed by atoms with Gasteiger partial charge in [-0.2, -0.15) is 13.8 Å². The summed E-state index contributed by atoms with van der Waals surface area (Å²) in [5, 5.41) is 8.75. The van der Waals surface area contributed by atoms with E-state index in [9.17, 15) is 13.6 Å². The molecule has 0 aliphatic carbocycles. The van der Waals surface area contributed by atoms with Crippen molar-refractivity contribution in [3.8, 4) is 5.88 Å². The maximum atomic E-state index is 11.9. The van der Waals surface area contributed by atoms with E-state index in [-0.39, 0.29) is 17.4 Å². The van der Waals surface area contributed by atoms with Crippen LogP contribution in [-0.2, 0) is 4.79 Å². The molecule has 0 saturated carbocycles. The van der Waals surface area contributed by atoms with E-state index in [1.165, 1.54) is 13.8 Å². The normalized spacial score (nSPS) is 12.6. The average molecular weight is 232 g/mol. The summed E-state index contributed by atoms with van der Waals surface area (Å²) in [5.41, 5.74) is 0.135. The van der Waals surface area contributed by atoms with E-state index in [1.54, 1.807) is 0 Å². The molecule has 0 aliphatic heterocycles. The smallest absolute Gasteiger partial charge is 0.388 e. The first kappa shape index (κ1) is 12.3. The molecule has 1 atom stereocenters. The molecule has 0 fully saturated rings. The molecule has 0 aromatic carbocycles. The van der Waals surface area contributed by atoms with Crippen LogP contribution in [-0.4, -0.2) is 27.7 Å². The number of aliphatic carboxylic acids is 1. The minimum Gasteiger partial charge on any atom is -0.481 e. The van der Waals surface area contributed by atoms with Crippen LogP contribution in [0.3, 0.4) is 0 Å². The highest BCUT2D eigenvalue weighted by Crippen LogP contribution is 2.19. The van der Waals surface area contributed by atoms with E-state index in [4.69, 9.17) is 5.11 Å². The maximum absolute atomic E-state index is 11.9. The summed E-state index contributed by atoms with van der Waals surface area (Å²) >= 11 is 0. The lowest BCUT2D eigenvalue weighted by Crippen LogP contribution is -2.12. The SMILES string of the molecule is Cc1nc(OC(F)F)cc(C(C)C(=O)O)n1. The quantitative estimate of drug-likeness (QED) is 0.853. The Morgan fingerprint density at radius 3 is 2.62 bits per heavy atom. The highest BCUT2D eigenvalue weighted by Gasteiger charge is 2.18. The van der Waals surface area contributed by atoms with Gasteiger partial charge in [-0.15, -0.1) is 0 Å². The molecule has 1 rings (SSSR count). The Morgan fingerprint density at radius 1 is 1.50 bits per heavy atom. The lowest BCUT2D eigenvalue weighted by Gasteiger charge is -2.09. The third-order valence-corrected chi connectivity index (χ3v) is 1.86. The second-order valence-corrected chi connectivity index (χ2v) is 3.12. The largest absolute Gasteiger partial charge is 0.481 e. The molecule has 0 spiro atoms. The topological polar surface area (TPSA) is 72.3 Å². The van der Waals surface area contributed by atoms with Crippen LogP contribution in [0, 0.1) is 6.92 Å². The van der Waals surface area contributed by atoms with Crippen LogP contribution in [0.4, 0.5) is 8.78 Å². The van der Waals surface area contributed by atoms with E-state index < -0.39 is 18.5 Å². The third kappa shape index (κ3) is 3.11. The van der Waals surface area contributed by atoms with Gasteiger partial charge in [-0.1, -0.05) is 0 Å². The summed E-state index contributed by atoms with van der Waals surface area (Å²) in [6, 6.07) is 1.10. The maximum Gasteiger partial charge on any atom is 0.388 e. The fraction of sp³-hybridized carbons (Fsp3) is 0.444. The number of hydrogen-bond acceptors (Lipinski definition) is 4. The van der Waals surface area contributed by atoms with Crippen LogP contribution in [0.1, 0.15) is 24.4 Å². The highest BCUT2D eigenvalue weighted by atomic mass is 19.3. The van der Waals surface area contributed by atoms with Crippen molar-refractivity contribution in [1.29, 1.82) is 0 Å². The summed E-state index contributed by atoms with van der Waals surface area (Å²) in [6.07, 6.45) is 0. The zero-order valence-corrected chi connectivity index (χ0v) is 8.65. The van der Waals surface area contributed by atoms with E-state index in [1.807, 2.05) is 0 Å². The minimum atomic E-state index is -3.00. The van der Waals surface area contributed by atoms with Crippen LogP contribution in [0.25, 0.3) is 0 Å². The van der Waals surface area contributed by atoms with E-state index in [0.717, 1.165) is 6.07 Å². The van der Waals surface area contributed by atoms with Crippen LogP contribution in [0.2, 0.25) is 0 Å². The first-order chi connectivity index (χ1) is 7.40. The number of ether oxygens (including phenoxy) is 1. The van der Waals surface area contributed by atoms with E-state index >= 15 is 0 Å². The molecule has 0 bridgehead atoms. The number of carboxylic acids is 1. The van der Waals surface area contributed by atoms with Gasteiger partial charge < -0.3 is 9.84 Å². The summed E-state index contributed by atoms with van der Waals surface area (Å²) in [5.74, 6) is -2.14. The summed E-state index contributed by atoms with van der Waals surface area (Å²) in [7, 11) is 0. The van der Waals surface area contributed by atoms with Gasteiger partial charge in [0.15, 0.2) is 0 Å². The number of hydrogen-bond donors (Lipinski definition) is 1. The number of halogens is 2. The first-order valence-electron chi connectivity index (χ1n) is 4.43. The molecule has 0 amide bonds. The van der Waals surface area contributed by atoms with Crippen LogP contribution in [0.15, 0.2) is 6.07 Å². The summed E-state index contributed by atoms with van der Waals surface area (Å²) in [4.78, 5) is 18.2. The van der Waals surface area contributed by atoms with Crippen molar-refractivity contribution in [2.24, 2.45) is 0 Å². The second kappa shape index (κ2) is 4.82. The van der Waals surface area contributed by atoms with Crippen molar-refractivity contribution in [3.05, 3.63) is 17.6 Å². The lowest BCUT2D eigenvalue weighted by molar-refractivity contribution is -0.138. The molecule has 16 heavy (non-hydrogen) atoms. The summed E-state index contributed by atoms with van der Waals surface area (Å²) in [6.45, 7) is -0.130. The van der Waals surface area contributed by atoms with Gasteiger partial charge in [0.1, 0.15) is 5.82 Å². The fourth-order valence-electron chi connectivity index (χ4n) is 1.06. The van der Waals surface area contributed by atoms with Crippen molar-refractivity contribution >= 4 is 5.97 Å². The Bertz CT molecular complexity index is 398. The number of carboxylic acid groups (broad SMARTS) is 1. The predicted octanol–water partition coefficient (Wildman–Crippen LogP) is 1.57. The van der Waals surface area contributed by atoms with E-state index in [0.29, 0.717) is 0 Å². The van der Waals surface area contributed by atoms with Gasteiger partial charge in [0, 0.05) is 6.07 Å². The average Bonchev–Trinajstić information content (AvgIpc) is 2.14. The van der Waals surface area contributed by atoms with Crippen molar-refractivity contribution in [1.82, 2.24) is 9.97 Å². The Balaban J connectivity index is 3.02. The Hall–Kier alpha value is -1.79. The third-order valence-electron chi connectivity index (χ3n) is 1.86. The lowest BCUT2D eigenvalue weighted by atomic mass is 10.1. The van der Waals surface area contributed by atoms with Crippen molar-refractivity contribution in [3.63, 3.8) is 0 Å². The molecular formula is C9H10F2N2O3. The fourth-order valence-corrected chi connectivity index (χ4v) is 1.06. The molecule has 88 valence electrons. The van der Waals surface area contributed by atoms with Gasteiger partial charge in [0.2, 0.25) is 5.88 Å². The second-order valence-electron chi connectivity index (χ2n) is 3.12. The number of carbonyl (C=O) groups is 1. The minimum absolute atomic E-state index is 0.135. The molecular weight excluding hydrogens is 222 g/mol. The van der Waals surface area contributed by atoms with Gasteiger partial charge in [-0.05, 0) is 13.8 Å².